The van der Waals surface area contributed by atoms with Crippen LogP contribution in [-0.4, -0.2) is 62.5 Å². The Balaban J connectivity index is 2.39. The van der Waals surface area contributed by atoms with E-state index in [4.69, 9.17) is 9.47 Å². The Kier molecular flexibility index (Phi) is 7.45. The third-order valence-electron chi connectivity index (χ3n) is 4.74. The van der Waals surface area contributed by atoms with Gasteiger partial charge in [0.2, 0.25) is 0 Å². The fraction of sp³-hybridized carbons (Fsp3) is 1.00. The number of methoxy groups -OCH3 is 1. The molecule has 4 heteroatoms. The van der Waals surface area contributed by atoms with Crippen LogP contribution in [0.15, 0.2) is 0 Å². The minimum atomic E-state index is 0.212. The molecule has 0 radical (unpaired) electrons. The summed E-state index contributed by atoms with van der Waals surface area (Å²) in [4.78, 5) is 2.59. The second-order valence-corrected chi connectivity index (χ2v) is 6.53. The van der Waals surface area contributed by atoms with Crippen molar-refractivity contribution < 1.29 is 9.47 Å². The van der Waals surface area contributed by atoms with Crippen LogP contribution in [0.3, 0.4) is 0 Å². The average Bonchev–Trinajstić information content (AvgIpc) is 2.44. The van der Waals surface area contributed by atoms with Gasteiger partial charge in [-0.1, -0.05) is 13.8 Å². The van der Waals surface area contributed by atoms with Crippen LogP contribution in [0.4, 0.5) is 0 Å². The van der Waals surface area contributed by atoms with E-state index in [0.29, 0.717) is 0 Å². The third kappa shape index (κ3) is 4.99. The van der Waals surface area contributed by atoms with Crippen molar-refractivity contribution in [1.82, 2.24) is 10.2 Å². The summed E-state index contributed by atoms with van der Waals surface area (Å²) in [6.45, 7) is 14.8. The van der Waals surface area contributed by atoms with Crippen molar-refractivity contribution in [3.8, 4) is 0 Å². The number of hydrogen-bond acceptors (Lipinski definition) is 4. The zero-order valence-electron chi connectivity index (χ0n) is 14.1. The summed E-state index contributed by atoms with van der Waals surface area (Å²) in [6.07, 6.45) is 3.35. The molecule has 0 aromatic rings. The Morgan fingerprint density at radius 2 is 1.80 bits per heavy atom. The lowest BCUT2D eigenvalue weighted by Crippen LogP contribution is -2.68. The first-order valence-corrected chi connectivity index (χ1v) is 8.06. The molecule has 4 nitrogen and oxygen atoms in total. The van der Waals surface area contributed by atoms with E-state index in [1.54, 1.807) is 7.11 Å². The van der Waals surface area contributed by atoms with Crippen LogP contribution in [-0.2, 0) is 9.47 Å². The third-order valence-corrected chi connectivity index (χ3v) is 4.74. The number of hydrogen-bond donors (Lipinski definition) is 1. The van der Waals surface area contributed by atoms with Gasteiger partial charge in [-0.2, -0.15) is 0 Å². The van der Waals surface area contributed by atoms with E-state index in [9.17, 15) is 0 Å². The maximum Gasteiger partial charge on any atom is 0.0593 e. The van der Waals surface area contributed by atoms with Crippen molar-refractivity contribution in [2.45, 2.75) is 58.0 Å². The van der Waals surface area contributed by atoms with Gasteiger partial charge in [-0.05, 0) is 33.1 Å². The second-order valence-electron chi connectivity index (χ2n) is 6.53. The van der Waals surface area contributed by atoms with Crippen molar-refractivity contribution in [3.63, 3.8) is 0 Å². The largest absolute Gasteiger partial charge is 0.385 e. The van der Waals surface area contributed by atoms with E-state index in [1.807, 2.05) is 0 Å². The van der Waals surface area contributed by atoms with Crippen molar-refractivity contribution in [2.75, 3.05) is 46.6 Å². The van der Waals surface area contributed by atoms with Gasteiger partial charge in [0, 0.05) is 51.0 Å². The lowest BCUT2D eigenvalue weighted by molar-refractivity contribution is -0.00275. The summed E-state index contributed by atoms with van der Waals surface area (Å²) in [5, 5.41) is 3.77. The number of nitrogens with zero attached hydrogens (tertiary/aromatic N) is 1. The first kappa shape index (κ1) is 17.9. The molecule has 0 aromatic carbocycles. The Morgan fingerprint density at radius 1 is 1.10 bits per heavy atom. The molecule has 0 bridgehead atoms. The minimum absolute atomic E-state index is 0.212. The van der Waals surface area contributed by atoms with E-state index in [2.05, 4.69) is 37.9 Å². The van der Waals surface area contributed by atoms with Gasteiger partial charge in [0.25, 0.3) is 0 Å². The maximum atomic E-state index is 5.73. The van der Waals surface area contributed by atoms with Crippen molar-refractivity contribution in [1.29, 1.82) is 0 Å². The van der Waals surface area contributed by atoms with Crippen LogP contribution in [0, 0.1) is 0 Å². The molecule has 0 aliphatic carbocycles. The van der Waals surface area contributed by atoms with Crippen LogP contribution >= 0.6 is 0 Å². The SMILES string of the molecule is CCC1(CC)CN(CCOCCCOC)C(C)(C)CN1. The number of nitrogens with one attached hydrogen (secondary N) is 1. The van der Waals surface area contributed by atoms with Crippen molar-refractivity contribution >= 4 is 0 Å². The molecule has 1 fully saturated rings. The highest BCUT2D eigenvalue weighted by Gasteiger charge is 2.40. The molecular weight excluding hydrogens is 252 g/mol. The van der Waals surface area contributed by atoms with Gasteiger partial charge in [0.15, 0.2) is 0 Å². The van der Waals surface area contributed by atoms with E-state index < -0.39 is 0 Å². The molecule has 0 spiro atoms. The summed E-state index contributed by atoms with van der Waals surface area (Å²) in [5.74, 6) is 0. The highest BCUT2D eigenvalue weighted by atomic mass is 16.5. The number of piperazine rings is 1. The van der Waals surface area contributed by atoms with E-state index in [0.717, 1.165) is 45.9 Å². The molecule has 1 aliphatic heterocycles. The standard InChI is InChI=1S/C16H34N2O2/c1-6-16(7-2)14-18(15(3,4)13-17-16)9-12-20-11-8-10-19-5/h17H,6-14H2,1-5H3. The summed E-state index contributed by atoms with van der Waals surface area (Å²) in [6, 6.07) is 0. The van der Waals surface area contributed by atoms with Crippen molar-refractivity contribution in [3.05, 3.63) is 0 Å². The van der Waals surface area contributed by atoms with E-state index in [-0.39, 0.29) is 11.1 Å². The molecule has 0 saturated carbocycles. The van der Waals surface area contributed by atoms with Gasteiger partial charge in [0.1, 0.15) is 0 Å². The molecule has 120 valence electrons. The minimum Gasteiger partial charge on any atom is -0.385 e. The normalized spacial score (nSPS) is 22.1. The topological polar surface area (TPSA) is 33.7 Å². The monoisotopic (exact) mass is 286 g/mol. The highest BCUT2D eigenvalue weighted by Crippen LogP contribution is 2.27. The molecular formula is C16H34N2O2. The molecule has 1 rings (SSSR count). The van der Waals surface area contributed by atoms with E-state index in [1.165, 1.54) is 12.8 Å². The Morgan fingerprint density at radius 3 is 2.40 bits per heavy atom. The highest BCUT2D eigenvalue weighted by molar-refractivity contribution is 5.00. The van der Waals surface area contributed by atoms with Crippen LogP contribution in [0.1, 0.15) is 47.0 Å². The average molecular weight is 286 g/mol. The van der Waals surface area contributed by atoms with Gasteiger partial charge in [0.05, 0.1) is 6.61 Å². The lowest BCUT2D eigenvalue weighted by atomic mass is 9.85. The zero-order valence-corrected chi connectivity index (χ0v) is 14.1. The van der Waals surface area contributed by atoms with Gasteiger partial charge < -0.3 is 14.8 Å². The molecule has 0 unspecified atom stereocenters. The smallest absolute Gasteiger partial charge is 0.0593 e. The van der Waals surface area contributed by atoms with Gasteiger partial charge >= 0.3 is 0 Å². The van der Waals surface area contributed by atoms with Crippen molar-refractivity contribution in [2.24, 2.45) is 0 Å². The molecule has 20 heavy (non-hydrogen) atoms. The van der Waals surface area contributed by atoms with Gasteiger partial charge in [-0.3, -0.25) is 4.90 Å². The van der Waals surface area contributed by atoms with Crippen LogP contribution < -0.4 is 5.32 Å². The van der Waals surface area contributed by atoms with Gasteiger partial charge in [-0.15, -0.1) is 0 Å². The fourth-order valence-electron chi connectivity index (χ4n) is 2.84. The molecule has 1 N–H and O–H groups in total. The van der Waals surface area contributed by atoms with Gasteiger partial charge in [-0.25, -0.2) is 0 Å². The molecule has 0 amide bonds. The molecule has 1 saturated heterocycles. The summed E-state index contributed by atoms with van der Waals surface area (Å²) < 4.78 is 10.8. The Bertz CT molecular complexity index is 265. The predicted octanol–water partition coefficient (Wildman–Crippen LogP) is 2.28. The first-order valence-electron chi connectivity index (χ1n) is 8.06. The summed E-state index contributed by atoms with van der Waals surface area (Å²) in [5.41, 5.74) is 0.495. The summed E-state index contributed by atoms with van der Waals surface area (Å²) >= 11 is 0. The number of rotatable bonds is 9. The Hall–Kier alpha value is -0.160. The molecule has 0 atom stereocenters. The zero-order chi connectivity index (χ0) is 15.1. The van der Waals surface area contributed by atoms with Crippen LogP contribution in [0.5, 0.6) is 0 Å². The molecule has 1 heterocycles. The summed E-state index contributed by atoms with van der Waals surface area (Å²) in [7, 11) is 1.73. The maximum absolute atomic E-state index is 5.73. The van der Waals surface area contributed by atoms with E-state index >= 15 is 0 Å². The Labute approximate surface area is 125 Å². The fourth-order valence-corrected chi connectivity index (χ4v) is 2.84. The van der Waals surface area contributed by atoms with Crippen LogP contribution in [0.2, 0.25) is 0 Å². The predicted molar refractivity (Wildman–Crippen MR) is 84.3 cm³/mol. The first-order chi connectivity index (χ1) is 9.49. The molecule has 1 aliphatic rings. The lowest BCUT2D eigenvalue weighted by Gasteiger charge is -2.52. The molecule has 0 aromatic heterocycles. The quantitative estimate of drug-likeness (QED) is 0.659. The number of ether oxygens (including phenoxy) is 2. The second kappa shape index (κ2) is 8.32. The van der Waals surface area contributed by atoms with Crippen LogP contribution in [0.25, 0.3) is 0 Å².